The molecule has 130 valence electrons. The van der Waals surface area contributed by atoms with E-state index in [4.69, 9.17) is 18.6 Å². The molecule has 6 nitrogen and oxygen atoms in total. The first-order chi connectivity index (χ1) is 11.6. The van der Waals surface area contributed by atoms with Gasteiger partial charge >= 0.3 is 5.97 Å². The van der Waals surface area contributed by atoms with E-state index in [0.717, 1.165) is 17.7 Å². The van der Waals surface area contributed by atoms with Gasteiger partial charge in [-0.1, -0.05) is 13.0 Å². The molecule has 0 saturated heterocycles. The van der Waals surface area contributed by atoms with Crippen LogP contribution in [0.4, 0.5) is 0 Å². The SMILES string of the molecule is CCN(Cc1ccc(OC)c(OC)c1)Cc1ccoc1C(=O)OC. The predicted octanol–water partition coefficient (Wildman–Crippen LogP) is 3.11. The molecule has 1 aromatic heterocycles. The number of hydrogen-bond donors (Lipinski definition) is 0. The van der Waals surface area contributed by atoms with E-state index in [1.54, 1.807) is 20.3 Å². The second-order valence-electron chi connectivity index (χ2n) is 5.26. The number of rotatable bonds is 8. The molecule has 0 radical (unpaired) electrons. The third-order valence-corrected chi connectivity index (χ3v) is 3.81. The highest BCUT2D eigenvalue weighted by Gasteiger charge is 2.18. The molecule has 0 saturated carbocycles. The van der Waals surface area contributed by atoms with E-state index in [0.29, 0.717) is 24.6 Å². The van der Waals surface area contributed by atoms with Crippen LogP contribution in [0.25, 0.3) is 0 Å². The Labute approximate surface area is 141 Å². The monoisotopic (exact) mass is 333 g/mol. The Morgan fingerprint density at radius 3 is 2.46 bits per heavy atom. The van der Waals surface area contributed by atoms with Crippen molar-refractivity contribution in [1.82, 2.24) is 4.90 Å². The average molecular weight is 333 g/mol. The van der Waals surface area contributed by atoms with Gasteiger partial charge in [-0.2, -0.15) is 0 Å². The van der Waals surface area contributed by atoms with Crippen molar-refractivity contribution in [3.8, 4) is 11.5 Å². The number of methoxy groups -OCH3 is 3. The Morgan fingerprint density at radius 1 is 1.08 bits per heavy atom. The Morgan fingerprint density at radius 2 is 1.83 bits per heavy atom. The maximum absolute atomic E-state index is 11.7. The summed E-state index contributed by atoms with van der Waals surface area (Å²) in [5, 5.41) is 0. The fourth-order valence-corrected chi connectivity index (χ4v) is 2.49. The van der Waals surface area contributed by atoms with Gasteiger partial charge in [0.2, 0.25) is 5.76 Å². The minimum Gasteiger partial charge on any atom is -0.493 e. The zero-order valence-corrected chi connectivity index (χ0v) is 14.5. The van der Waals surface area contributed by atoms with Crippen LogP contribution in [0.2, 0.25) is 0 Å². The second-order valence-corrected chi connectivity index (χ2v) is 5.26. The van der Waals surface area contributed by atoms with E-state index in [1.165, 1.54) is 13.4 Å². The van der Waals surface area contributed by atoms with Gasteiger partial charge in [0.1, 0.15) is 0 Å². The Hall–Kier alpha value is -2.47. The summed E-state index contributed by atoms with van der Waals surface area (Å²) in [6.07, 6.45) is 1.51. The molecule has 0 spiro atoms. The van der Waals surface area contributed by atoms with Crippen molar-refractivity contribution >= 4 is 5.97 Å². The van der Waals surface area contributed by atoms with E-state index in [-0.39, 0.29) is 5.76 Å². The van der Waals surface area contributed by atoms with Crippen molar-refractivity contribution in [2.24, 2.45) is 0 Å². The van der Waals surface area contributed by atoms with Crippen molar-refractivity contribution in [2.45, 2.75) is 20.0 Å². The van der Waals surface area contributed by atoms with Crippen molar-refractivity contribution in [3.63, 3.8) is 0 Å². The molecule has 0 bridgehead atoms. The van der Waals surface area contributed by atoms with Gasteiger partial charge < -0.3 is 18.6 Å². The number of nitrogens with zero attached hydrogens (tertiary/aromatic N) is 1. The summed E-state index contributed by atoms with van der Waals surface area (Å²) in [4.78, 5) is 13.9. The fourth-order valence-electron chi connectivity index (χ4n) is 2.49. The summed E-state index contributed by atoms with van der Waals surface area (Å²) in [5.41, 5.74) is 1.90. The van der Waals surface area contributed by atoms with E-state index >= 15 is 0 Å². The van der Waals surface area contributed by atoms with E-state index in [9.17, 15) is 4.79 Å². The van der Waals surface area contributed by atoms with Crippen LogP contribution >= 0.6 is 0 Å². The number of furan rings is 1. The lowest BCUT2D eigenvalue weighted by Gasteiger charge is -2.21. The van der Waals surface area contributed by atoms with Gasteiger partial charge in [0, 0.05) is 18.7 Å². The lowest BCUT2D eigenvalue weighted by atomic mass is 10.1. The van der Waals surface area contributed by atoms with Crippen molar-refractivity contribution < 1.29 is 23.4 Å². The summed E-state index contributed by atoms with van der Waals surface area (Å²) in [7, 11) is 4.58. The number of hydrogen-bond acceptors (Lipinski definition) is 6. The maximum atomic E-state index is 11.7. The summed E-state index contributed by atoms with van der Waals surface area (Å²) in [6, 6.07) is 7.64. The molecule has 0 unspecified atom stereocenters. The standard InChI is InChI=1S/C18H23NO5/c1-5-19(12-14-8-9-24-17(14)18(20)23-4)11-13-6-7-15(21-2)16(10-13)22-3/h6-10H,5,11-12H2,1-4H3. The van der Waals surface area contributed by atoms with Crippen LogP contribution in [0.3, 0.4) is 0 Å². The normalized spacial score (nSPS) is 10.7. The molecule has 24 heavy (non-hydrogen) atoms. The molecule has 0 fully saturated rings. The van der Waals surface area contributed by atoms with Crippen molar-refractivity contribution in [2.75, 3.05) is 27.9 Å². The molecule has 0 amide bonds. The van der Waals surface area contributed by atoms with Gasteiger partial charge in [0.15, 0.2) is 11.5 Å². The molecular weight excluding hydrogens is 310 g/mol. The maximum Gasteiger partial charge on any atom is 0.374 e. The number of esters is 1. The summed E-state index contributed by atoms with van der Waals surface area (Å²) >= 11 is 0. The first kappa shape index (κ1) is 17.9. The largest absolute Gasteiger partial charge is 0.493 e. The average Bonchev–Trinajstić information content (AvgIpc) is 3.08. The predicted molar refractivity (Wildman–Crippen MR) is 89.4 cm³/mol. The first-order valence-corrected chi connectivity index (χ1v) is 7.70. The highest BCUT2D eigenvalue weighted by Crippen LogP contribution is 2.28. The molecule has 2 aromatic rings. The quantitative estimate of drug-likeness (QED) is 0.692. The van der Waals surface area contributed by atoms with Crippen LogP contribution in [-0.2, 0) is 17.8 Å². The van der Waals surface area contributed by atoms with E-state index in [1.807, 2.05) is 18.2 Å². The minimum absolute atomic E-state index is 0.253. The topological polar surface area (TPSA) is 61.1 Å². The van der Waals surface area contributed by atoms with Crippen LogP contribution in [0.5, 0.6) is 11.5 Å². The number of benzene rings is 1. The highest BCUT2D eigenvalue weighted by molar-refractivity contribution is 5.87. The Bertz CT molecular complexity index is 680. The van der Waals surface area contributed by atoms with E-state index in [2.05, 4.69) is 11.8 Å². The first-order valence-electron chi connectivity index (χ1n) is 7.70. The molecular formula is C18H23NO5. The number of ether oxygens (including phenoxy) is 3. The lowest BCUT2D eigenvalue weighted by molar-refractivity contribution is 0.0561. The molecule has 2 rings (SSSR count). The van der Waals surface area contributed by atoms with Gasteiger partial charge in [-0.05, 0) is 30.3 Å². The zero-order valence-electron chi connectivity index (χ0n) is 14.5. The highest BCUT2D eigenvalue weighted by atomic mass is 16.5. The third kappa shape index (κ3) is 4.08. The van der Waals surface area contributed by atoms with Gasteiger partial charge in [-0.15, -0.1) is 0 Å². The van der Waals surface area contributed by atoms with Crippen LogP contribution in [0.15, 0.2) is 34.9 Å². The van der Waals surface area contributed by atoms with Crippen molar-refractivity contribution in [3.05, 3.63) is 47.4 Å². The van der Waals surface area contributed by atoms with Gasteiger partial charge in [0.05, 0.1) is 27.6 Å². The molecule has 0 N–H and O–H groups in total. The summed E-state index contributed by atoms with van der Waals surface area (Å²) < 4.78 is 20.6. The third-order valence-electron chi connectivity index (χ3n) is 3.81. The van der Waals surface area contributed by atoms with Gasteiger partial charge in [0.25, 0.3) is 0 Å². The lowest BCUT2D eigenvalue weighted by Crippen LogP contribution is -2.23. The molecule has 1 aromatic carbocycles. The molecule has 0 atom stereocenters. The zero-order chi connectivity index (χ0) is 17.5. The fraction of sp³-hybridized carbons (Fsp3) is 0.389. The van der Waals surface area contributed by atoms with Crippen LogP contribution < -0.4 is 9.47 Å². The molecule has 6 heteroatoms. The molecule has 0 aliphatic heterocycles. The smallest absolute Gasteiger partial charge is 0.374 e. The van der Waals surface area contributed by atoms with Crippen LogP contribution in [0, 0.1) is 0 Å². The summed E-state index contributed by atoms with van der Waals surface area (Å²) in [6.45, 7) is 4.19. The number of carbonyl (C=O) groups excluding carboxylic acids is 1. The van der Waals surface area contributed by atoms with E-state index < -0.39 is 5.97 Å². The van der Waals surface area contributed by atoms with Gasteiger partial charge in [-0.3, -0.25) is 4.90 Å². The Balaban J connectivity index is 2.13. The second kappa shape index (κ2) is 8.40. The van der Waals surface area contributed by atoms with Gasteiger partial charge in [-0.25, -0.2) is 4.79 Å². The Kier molecular flexibility index (Phi) is 6.26. The molecule has 0 aliphatic rings. The van der Waals surface area contributed by atoms with Crippen molar-refractivity contribution in [1.29, 1.82) is 0 Å². The van der Waals surface area contributed by atoms with Crippen LogP contribution in [0.1, 0.15) is 28.6 Å². The molecule has 0 aliphatic carbocycles. The van der Waals surface area contributed by atoms with Crippen LogP contribution in [-0.4, -0.2) is 38.7 Å². The molecule has 1 heterocycles. The minimum atomic E-state index is -0.461. The summed E-state index contributed by atoms with van der Waals surface area (Å²) in [5.74, 6) is 1.19. The number of carbonyl (C=O) groups is 1.